The van der Waals surface area contributed by atoms with Crippen LogP contribution in [0.1, 0.15) is 23.4 Å². The van der Waals surface area contributed by atoms with Gasteiger partial charge in [-0.15, -0.1) is 0 Å². The summed E-state index contributed by atoms with van der Waals surface area (Å²) in [4.78, 5) is 24.9. The highest BCUT2D eigenvalue weighted by molar-refractivity contribution is 5.91. The van der Waals surface area contributed by atoms with Crippen molar-refractivity contribution in [3.63, 3.8) is 0 Å². The average Bonchev–Trinajstić information content (AvgIpc) is 2.92. The molecule has 96 valence electrons. The number of carbonyl (C=O) groups excluding carboxylic acids is 2. The number of carbonyl (C=O) groups is 2. The molecule has 0 aliphatic carbocycles. The number of furan rings is 1. The van der Waals surface area contributed by atoms with E-state index >= 15 is 0 Å². The summed E-state index contributed by atoms with van der Waals surface area (Å²) in [6.07, 6.45) is 4.27. The number of hydrogen-bond acceptors (Lipinski definition) is 3. The molecule has 0 aromatic carbocycles. The van der Waals surface area contributed by atoms with Gasteiger partial charge >= 0.3 is 0 Å². The van der Waals surface area contributed by atoms with Crippen molar-refractivity contribution in [2.75, 3.05) is 13.1 Å². The van der Waals surface area contributed by atoms with E-state index in [9.17, 15) is 9.59 Å². The van der Waals surface area contributed by atoms with Crippen LogP contribution in [0.4, 0.5) is 0 Å². The maximum atomic E-state index is 12.0. The van der Waals surface area contributed by atoms with E-state index < -0.39 is 0 Å². The Hall–Kier alpha value is -2.04. The first kappa shape index (κ1) is 12.4. The van der Waals surface area contributed by atoms with Gasteiger partial charge in [-0.25, -0.2) is 0 Å². The molecule has 1 aliphatic rings. The van der Waals surface area contributed by atoms with E-state index in [2.05, 4.69) is 11.9 Å². The Morgan fingerprint density at radius 3 is 2.72 bits per heavy atom. The summed E-state index contributed by atoms with van der Waals surface area (Å²) in [5.41, 5.74) is 0. The molecule has 1 aromatic rings. The summed E-state index contributed by atoms with van der Waals surface area (Å²) < 4.78 is 5.08. The number of rotatable bonds is 3. The van der Waals surface area contributed by atoms with Crippen molar-refractivity contribution in [2.45, 2.75) is 18.9 Å². The molecule has 0 atom stereocenters. The van der Waals surface area contributed by atoms with Gasteiger partial charge < -0.3 is 14.6 Å². The maximum absolute atomic E-state index is 12.0. The van der Waals surface area contributed by atoms with E-state index in [-0.39, 0.29) is 17.9 Å². The second-order valence-corrected chi connectivity index (χ2v) is 4.26. The van der Waals surface area contributed by atoms with Crippen molar-refractivity contribution in [1.29, 1.82) is 0 Å². The third-order valence-electron chi connectivity index (χ3n) is 3.05. The normalized spacial score (nSPS) is 16.3. The minimum absolute atomic E-state index is 0.0894. The third kappa shape index (κ3) is 2.80. The van der Waals surface area contributed by atoms with Gasteiger partial charge in [0.2, 0.25) is 5.91 Å². The van der Waals surface area contributed by atoms with Crippen molar-refractivity contribution >= 4 is 11.8 Å². The van der Waals surface area contributed by atoms with Crippen LogP contribution in [0.2, 0.25) is 0 Å². The molecular weight excluding hydrogens is 232 g/mol. The standard InChI is InChI=1S/C13H16N2O3/c1-2-12(16)14-10-5-7-15(8-6-10)13(17)11-4-3-9-18-11/h2-4,9-10H,1,5-8H2,(H,14,16). The zero-order valence-corrected chi connectivity index (χ0v) is 10.1. The summed E-state index contributed by atoms with van der Waals surface area (Å²) in [5, 5.41) is 2.84. The van der Waals surface area contributed by atoms with Crippen LogP contribution in [0.15, 0.2) is 35.5 Å². The Bertz CT molecular complexity index is 431. The first-order chi connectivity index (χ1) is 8.70. The highest BCUT2D eigenvalue weighted by Crippen LogP contribution is 2.14. The Labute approximate surface area is 105 Å². The monoisotopic (exact) mass is 248 g/mol. The maximum Gasteiger partial charge on any atom is 0.289 e. The quantitative estimate of drug-likeness (QED) is 0.817. The smallest absolute Gasteiger partial charge is 0.289 e. The Balaban J connectivity index is 1.85. The van der Waals surface area contributed by atoms with E-state index in [0.717, 1.165) is 12.8 Å². The predicted molar refractivity (Wildman–Crippen MR) is 66.0 cm³/mol. The Morgan fingerprint density at radius 1 is 1.44 bits per heavy atom. The molecular formula is C13H16N2O3. The highest BCUT2D eigenvalue weighted by atomic mass is 16.3. The fourth-order valence-corrected chi connectivity index (χ4v) is 2.04. The van der Waals surface area contributed by atoms with E-state index in [4.69, 9.17) is 4.42 Å². The lowest BCUT2D eigenvalue weighted by Crippen LogP contribution is -2.46. The van der Waals surface area contributed by atoms with Crippen LogP contribution in [-0.4, -0.2) is 35.8 Å². The van der Waals surface area contributed by atoms with Gasteiger partial charge in [-0.05, 0) is 31.1 Å². The van der Waals surface area contributed by atoms with Crippen LogP contribution < -0.4 is 5.32 Å². The third-order valence-corrected chi connectivity index (χ3v) is 3.05. The molecule has 2 amide bonds. The van der Waals surface area contributed by atoms with Crippen LogP contribution in [-0.2, 0) is 4.79 Å². The molecule has 0 saturated carbocycles. The van der Waals surface area contributed by atoms with Crippen LogP contribution in [0, 0.1) is 0 Å². The number of nitrogens with one attached hydrogen (secondary N) is 1. The number of nitrogens with zero attached hydrogens (tertiary/aromatic N) is 1. The molecule has 5 nitrogen and oxygen atoms in total. The molecule has 1 fully saturated rings. The second kappa shape index (κ2) is 5.53. The minimum Gasteiger partial charge on any atom is -0.459 e. The first-order valence-electron chi connectivity index (χ1n) is 5.96. The molecule has 2 heterocycles. The lowest BCUT2D eigenvalue weighted by atomic mass is 10.0. The van der Waals surface area contributed by atoms with Gasteiger partial charge in [-0.1, -0.05) is 6.58 Å². The first-order valence-corrected chi connectivity index (χ1v) is 5.96. The van der Waals surface area contributed by atoms with Gasteiger partial charge in [-0.2, -0.15) is 0 Å². The lowest BCUT2D eigenvalue weighted by Gasteiger charge is -2.31. The van der Waals surface area contributed by atoms with E-state index in [1.54, 1.807) is 17.0 Å². The summed E-state index contributed by atoms with van der Waals surface area (Å²) in [6, 6.07) is 3.48. The Kier molecular flexibility index (Phi) is 3.82. The van der Waals surface area contributed by atoms with Crippen molar-refractivity contribution in [3.8, 4) is 0 Å². The molecule has 1 aliphatic heterocycles. The van der Waals surface area contributed by atoms with Crippen LogP contribution in [0.25, 0.3) is 0 Å². The largest absolute Gasteiger partial charge is 0.459 e. The zero-order valence-electron chi connectivity index (χ0n) is 10.1. The van der Waals surface area contributed by atoms with Gasteiger partial charge in [0.25, 0.3) is 5.91 Å². The summed E-state index contributed by atoms with van der Waals surface area (Å²) in [7, 11) is 0. The van der Waals surface area contributed by atoms with Crippen LogP contribution in [0.5, 0.6) is 0 Å². The Morgan fingerprint density at radius 2 is 2.17 bits per heavy atom. The number of likely N-dealkylation sites (tertiary alicyclic amines) is 1. The molecule has 0 bridgehead atoms. The van der Waals surface area contributed by atoms with Gasteiger partial charge in [-0.3, -0.25) is 9.59 Å². The molecule has 1 N–H and O–H groups in total. The van der Waals surface area contributed by atoms with Gasteiger partial charge in [0.05, 0.1) is 6.26 Å². The minimum atomic E-state index is -0.161. The van der Waals surface area contributed by atoms with Crippen LogP contribution in [0.3, 0.4) is 0 Å². The molecule has 2 rings (SSSR count). The van der Waals surface area contributed by atoms with Crippen LogP contribution >= 0.6 is 0 Å². The van der Waals surface area contributed by atoms with Gasteiger partial charge in [0, 0.05) is 19.1 Å². The van der Waals surface area contributed by atoms with Gasteiger partial charge in [0.15, 0.2) is 5.76 Å². The number of amides is 2. The summed E-state index contributed by atoms with van der Waals surface area (Å²) in [6.45, 7) is 4.67. The highest BCUT2D eigenvalue weighted by Gasteiger charge is 2.25. The molecule has 1 aromatic heterocycles. The SMILES string of the molecule is C=CC(=O)NC1CCN(C(=O)c2ccco2)CC1. The van der Waals surface area contributed by atoms with Crippen molar-refractivity contribution in [2.24, 2.45) is 0 Å². The zero-order chi connectivity index (χ0) is 13.0. The topological polar surface area (TPSA) is 62.6 Å². The molecule has 5 heteroatoms. The summed E-state index contributed by atoms with van der Waals surface area (Å²) >= 11 is 0. The number of piperidine rings is 1. The molecule has 0 spiro atoms. The van der Waals surface area contributed by atoms with E-state index in [1.165, 1.54) is 12.3 Å². The molecule has 18 heavy (non-hydrogen) atoms. The molecule has 0 unspecified atom stereocenters. The lowest BCUT2D eigenvalue weighted by molar-refractivity contribution is -0.117. The van der Waals surface area contributed by atoms with E-state index in [1.807, 2.05) is 0 Å². The number of hydrogen-bond donors (Lipinski definition) is 1. The molecule has 0 radical (unpaired) electrons. The van der Waals surface area contributed by atoms with Gasteiger partial charge in [0.1, 0.15) is 0 Å². The van der Waals surface area contributed by atoms with E-state index in [0.29, 0.717) is 18.8 Å². The van der Waals surface area contributed by atoms with Crippen molar-refractivity contribution < 1.29 is 14.0 Å². The fraction of sp³-hybridized carbons (Fsp3) is 0.385. The van der Waals surface area contributed by atoms with Crippen molar-refractivity contribution in [1.82, 2.24) is 10.2 Å². The fourth-order valence-electron chi connectivity index (χ4n) is 2.04. The summed E-state index contributed by atoms with van der Waals surface area (Å²) in [5.74, 6) is 0.114. The average molecular weight is 248 g/mol. The predicted octanol–water partition coefficient (Wildman–Crippen LogP) is 1.19. The molecule has 1 saturated heterocycles. The van der Waals surface area contributed by atoms with Crippen molar-refractivity contribution in [3.05, 3.63) is 36.8 Å². The second-order valence-electron chi connectivity index (χ2n) is 4.26.